The maximum atomic E-state index is 11.6. The first kappa shape index (κ1) is 13.9. The normalized spacial score (nSPS) is 25.4. The summed E-state index contributed by atoms with van der Waals surface area (Å²) in [6.45, 7) is 4.31. The Morgan fingerprint density at radius 3 is 2.65 bits per heavy atom. The number of nitrogens with one attached hydrogen (secondary N) is 2. The fourth-order valence-corrected chi connectivity index (χ4v) is 2.24. The van der Waals surface area contributed by atoms with E-state index in [4.69, 9.17) is 5.73 Å². The van der Waals surface area contributed by atoms with Gasteiger partial charge in [0.1, 0.15) is 0 Å². The first-order valence-electron chi connectivity index (χ1n) is 6.05. The van der Waals surface area contributed by atoms with Crippen molar-refractivity contribution in [3.8, 4) is 0 Å². The highest BCUT2D eigenvalue weighted by atomic mass is 16.2. The van der Waals surface area contributed by atoms with Gasteiger partial charge < -0.3 is 5.73 Å². The van der Waals surface area contributed by atoms with Crippen LogP contribution >= 0.6 is 0 Å². The zero-order valence-electron chi connectivity index (χ0n) is 10.5. The van der Waals surface area contributed by atoms with Gasteiger partial charge in [0.15, 0.2) is 0 Å². The zero-order chi connectivity index (χ0) is 12.8. The highest BCUT2D eigenvalue weighted by Crippen LogP contribution is 2.21. The maximum Gasteiger partial charge on any atom is 0.252 e. The summed E-state index contributed by atoms with van der Waals surface area (Å²) in [5, 5.41) is 0. The van der Waals surface area contributed by atoms with Gasteiger partial charge in [0.05, 0.1) is 6.54 Å². The molecule has 1 heterocycles. The summed E-state index contributed by atoms with van der Waals surface area (Å²) in [4.78, 5) is 24.4. The topological polar surface area (TPSA) is 87.5 Å². The molecule has 4 N–H and O–H groups in total. The summed E-state index contributed by atoms with van der Waals surface area (Å²) in [6, 6.07) is 0.627. The van der Waals surface area contributed by atoms with Gasteiger partial charge in [-0.15, -0.1) is 0 Å². The van der Waals surface area contributed by atoms with E-state index in [2.05, 4.69) is 22.7 Å². The van der Waals surface area contributed by atoms with Crippen LogP contribution in [0.15, 0.2) is 0 Å². The van der Waals surface area contributed by atoms with Crippen molar-refractivity contribution in [3.05, 3.63) is 0 Å². The molecule has 17 heavy (non-hydrogen) atoms. The Morgan fingerprint density at radius 1 is 1.35 bits per heavy atom. The highest BCUT2D eigenvalue weighted by molar-refractivity contribution is 5.82. The highest BCUT2D eigenvalue weighted by Gasteiger charge is 2.28. The van der Waals surface area contributed by atoms with E-state index in [-0.39, 0.29) is 24.4 Å². The molecule has 2 unspecified atom stereocenters. The number of nitrogens with zero attached hydrogens (tertiary/aromatic N) is 1. The average Bonchev–Trinajstić information content (AvgIpc) is 2.29. The lowest BCUT2D eigenvalue weighted by Gasteiger charge is -2.39. The number of likely N-dealkylation sites (tertiary alicyclic amines) is 1. The van der Waals surface area contributed by atoms with Gasteiger partial charge in [-0.2, -0.15) is 0 Å². The first-order valence-corrected chi connectivity index (χ1v) is 6.05. The molecule has 1 aliphatic heterocycles. The van der Waals surface area contributed by atoms with Gasteiger partial charge in [0.25, 0.3) is 5.91 Å². The largest absolute Gasteiger partial charge is 0.329 e. The third-order valence-electron chi connectivity index (χ3n) is 3.17. The molecule has 0 aromatic rings. The van der Waals surface area contributed by atoms with Gasteiger partial charge in [0.2, 0.25) is 5.91 Å². The van der Waals surface area contributed by atoms with E-state index >= 15 is 0 Å². The van der Waals surface area contributed by atoms with Crippen molar-refractivity contribution in [1.82, 2.24) is 15.8 Å². The van der Waals surface area contributed by atoms with Crippen LogP contribution in [0.3, 0.4) is 0 Å². The van der Waals surface area contributed by atoms with Crippen LogP contribution in [0.2, 0.25) is 0 Å². The Kier molecular flexibility index (Phi) is 5.37. The summed E-state index contributed by atoms with van der Waals surface area (Å²) in [5.74, 6) is -0.479. The van der Waals surface area contributed by atoms with Crippen LogP contribution in [0.4, 0.5) is 0 Å². The summed E-state index contributed by atoms with van der Waals surface area (Å²) in [5.41, 5.74) is 10.4. The lowest BCUT2D eigenvalue weighted by atomic mass is 9.96. The monoisotopic (exact) mass is 242 g/mol. The molecule has 0 bridgehead atoms. The molecule has 0 spiro atoms. The predicted octanol–water partition coefficient (Wildman–Crippen LogP) is -0.645. The van der Waals surface area contributed by atoms with E-state index in [1.165, 1.54) is 6.92 Å². The van der Waals surface area contributed by atoms with Crippen molar-refractivity contribution < 1.29 is 9.59 Å². The zero-order valence-corrected chi connectivity index (χ0v) is 10.5. The maximum absolute atomic E-state index is 11.6. The Morgan fingerprint density at radius 2 is 2.06 bits per heavy atom. The molecule has 0 saturated carbocycles. The number of hydrogen-bond acceptors (Lipinski definition) is 4. The van der Waals surface area contributed by atoms with Crippen LogP contribution in [-0.4, -0.2) is 41.9 Å². The van der Waals surface area contributed by atoms with Crippen LogP contribution in [0.25, 0.3) is 0 Å². The molecule has 2 amide bonds. The van der Waals surface area contributed by atoms with Crippen molar-refractivity contribution in [1.29, 1.82) is 0 Å². The number of amides is 2. The van der Waals surface area contributed by atoms with E-state index in [1.807, 2.05) is 0 Å². The number of nitrogens with two attached hydrogens (primary N) is 1. The van der Waals surface area contributed by atoms with E-state index in [0.717, 1.165) is 19.3 Å². The molecule has 1 saturated heterocycles. The summed E-state index contributed by atoms with van der Waals surface area (Å²) in [6.07, 6.45) is 3.28. The number of hydrogen-bond donors (Lipinski definition) is 3. The number of rotatable bonds is 3. The minimum Gasteiger partial charge on any atom is -0.329 e. The molecule has 0 aliphatic carbocycles. The second kappa shape index (κ2) is 6.56. The lowest BCUT2D eigenvalue weighted by molar-refractivity contribution is -0.129. The van der Waals surface area contributed by atoms with Gasteiger partial charge in [-0.1, -0.05) is 6.42 Å². The Hall–Kier alpha value is -1.14. The van der Waals surface area contributed by atoms with Gasteiger partial charge in [-0.05, 0) is 19.8 Å². The number of hydrazine groups is 1. The van der Waals surface area contributed by atoms with E-state index in [1.54, 1.807) is 0 Å². The third-order valence-corrected chi connectivity index (χ3v) is 3.17. The molecule has 6 nitrogen and oxygen atoms in total. The van der Waals surface area contributed by atoms with Crippen molar-refractivity contribution in [2.45, 2.75) is 45.2 Å². The van der Waals surface area contributed by atoms with E-state index in [9.17, 15) is 9.59 Å². The Bertz CT molecular complexity index is 283. The van der Waals surface area contributed by atoms with Crippen molar-refractivity contribution in [2.75, 3.05) is 13.1 Å². The molecule has 1 aliphatic rings. The second-order valence-electron chi connectivity index (χ2n) is 4.57. The molecular weight excluding hydrogens is 220 g/mol. The standard InChI is InChI=1S/C11H22N4O2/c1-8-4-3-5-10(6-12)15(8)7-11(17)14-13-9(2)16/h8,10H,3-7,12H2,1-2H3,(H,13,16)(H,14,17). The van der Waals surface area contributed by atoms with Crippen molar-refractivity contribution in [2.24, 2.45) is 5.73 Å². The number of piperidine rings is 1. The van der Waals surface area contributed by atoms with Gasteiger partial charge in [-0.25, -0.2) is 0 Å². The van der Waals surface area contributed by atoms with Crippen molar-refractivity contribution in [3.63, 3.8) is 0 Å². The third kappa shape index (κ3) is 4.32. The number of carbonyl (C=O) groups excluding carboxylic acids is 2. The lowest BCUT2D eigenvalue weighted by Crippen LogP contribution is -2.54. The van der Waals surface area contributed by atoms with Crippen LogP contribution in [0.1, 0.15) is 33.1 Å². The predicted molar refractivity (Wildman–Crippen MR) is 64.8 cm³/mol. The summed E-state index contributed by atoms with van der Waals surface area (Å²) in [7, 11) is 0. The van der Waals surface area contributed by atoms with Crippen LogP contribution in [0.5, 0.6) is 0 Å². The molecular formula is C11H22N4O2. The SMILES string of the molecule is CC(=O)NNC(=O)CN1C(C)CCCC1CN. The summed E-state index contributed by atoms with van der Waals surface area (Å²) < 4.78 is 0. The fourth-order valence-electron chi connectivity index (χ4n) is 2.24. The van der Waals surface area contributed by atoms with E-state index in [0.29, 0.717) is 12.6 Å². The van der Waals surface area contributed by atoms with Gasteiger partial charge >= 0.3 is 0 Å². The second-order valence-corrected chi connectivity index (χ2v) is 4.57. The quantitative estimate of drug-likeness (QED) is 0.574. The minimum atomic E-state index is -0.277. The number of carbonyl (C=O) groups is 2. The molecule has 6 heteroatoms. The average molecular weight is 242 g/mol. The fraction of sp³-hybridized carbons (Fsp3) is 0.818. The van der Waals surface area contributed by atoms with Crippen LogP contribution in [0, 0.1) is 0 Å². The minimum absolute atomic E-state index is 0.201. The molecule has 1 fully saturated rings. The van der Waals surface area contributed by atoms with Crippen LogP contribution < -0.4 is 16.6 Å². The molecule has 0 aromatic carbocycles. The van der Waals surface area contributed by atoms with Gasteiger partial charge in [0, 0.05) is 25.6 Å². The Labute approximate surface area is 102 Å². The van der Waals surface area contributed by atoms with Crippen molar-refractivity contribution >= 4 is 11.8 Å². The molecule has 0 radical (unpaired) electrons. The molecule has 1 rings (SSSR count). The Balaban J connectivity index is 2.45. The smallest absolute Gasteiger partial charge is 0.252 e. The first-order chi connectivity index (χ1) is 8.04. The van der Waals surface area contributed by atoms with Gasteiger partial charge in [-0.3, -0.25) is 25.3 Å². The van der Waals surface area contributed by atoms with E-state index < -0.39 is 0 Å². The molecule has 0 aromatic heterocycles. The summed E-state index contributed by atoms with van der Waals surface area (Å²) >= 11 is 0. The van der Waals surface area contributed by atoms with Crippen LogP contribution in [-0.2, 0) is 9.59 Å². The molecule has 98 valence electrons. The molecule has 2 atom stereocenters.